The number of hydrogen-bond acceptors (Lipinski definition) is 4. The Balaban J connectivity index is 1.66. The van der Waals surface area contributed by atoms with E-state index < -0.39 is 11.7 Å². The van der Waals surface area contributed by atoms with Crippen LogP contribution in [-0.4, -0.2) is 42.0 Å². The fraction of sp³-hybridized carbons (Fsp3) is 0.211. The number of carbonyl (C=O) groups is 3. The molecule has 6 nitrogen and oxygen atoms in total. The molecule has 0 aliphatic carbocycles. The van der Waals surface area contributed by atoms with Crippen LogP contribution in [0.5, 0.6) is 0 Å². The van der Waals surface area contributed by atoms with Gasteiger partial charge in [-0.3, -0.25) is 14.4 Å². The highest BCUT2D eigenvalue weighted by Gasteiger charge is 2.19. The molecule has 1 aliphatic heterocycles. The first-order valence-corrected chi connectivity index (χ1v) is 9.28. The Morgan fingerprint density at radius 3 is 2.85 bits per heavy atom. The third-order valence-corrected chi connectivity index (χ3v) is 5.00. The minimum Gasteiger partial charge on any atom is -0.332 e. The molecule has 0 aromatic heterocycles. The van der Waals surface area contributed by atoms with Gasteiger partial charge in [-0.2, -0.15) is 0 Å². The molecule has 27 heavy (non-hydrogen) atoms. The summed E-state index contributed by atoms with van der Waals surface area (Å²) in [6.07, 6.45) is 0.419. The summed E-state index contributed by atoms with van der Waals surface area (Å²) < 4.78 is 13.2. The first kappa shape index (κ1) is 18.9. The van der Waals surface area contributed by atoms with Crippen LogP contribution in [-0.2, 0) is 9.59 Å². The number of anilines is 2. The van der Waals surface area contributed by atoms with Gasteiger partial charge in [0.2, 0.25) is 11.8 Å². The van der Waals surface area contributed by atoms with Gasteiger partial charge in [0.05, 0.1) is 12.2 Å². The Kier molecular flexibility index (Phi) is 5.75. The van der Waals surface area contributed by atoms with E-state index in [9.17, 15) is 18.8 Å². The second kappa shape index (κ2) is 8.22. The van der Waals surface area contributed by atoms with Crippen molar-refractivity contribution in [1.82, 2.24) is 4.90 Å². The van der Waals surface area contributed by atoms with Gasteiger partial charge in [0, 0.05) is 35.4 Å². The lowest BCUT2D eigenvalue weighted by atomic mass is 10.1. The van der Waals surface area contributed by atoms with Crippen LogP contribution in [0.1, 0.15) is 16.8 Å². The van der Waals surface area contributed by atoms with Gasteiger partial charge in [-0.05, 0) is 36.4 Å². The SMILES string of the molecule is CN(CC(=O)Nc1cccc(F)c1)C(=O)c1ccc2c(c1)NC(=O)CCS2. The van der Waals surface area contributed by atoms with Gasteiger partial charge in [-0.15, -0.1) is 11.8 Å². The number of amides is 3. The Morgan fingerprint density at radius 2 is 2.07 bits per heavy atom. The van der Waals surface area contributed by atoms with E-state index >= 15 is 0 Å². The maximum absolute atomic E-state index is 13.2. The zero-order valence-electron chi connectivity index (χ0n) is 14.6. The van der Waals surface area contributed by atoms with Gasteiger partial charge in [0.15, 0.2) is 0 Å². The molecule has 3 rings (SSSR count). The van der Waals surface area contributed by atoms with Crippen molar-refractivity contribution in [3.63, 3.8) is 0 Å². The molecule has 1 heterocycles. The van der Waals surface area contributed by atoms with Crippen molar-refractivity contribution in [2.24, 2.45) is 0 Å². The molecule has 0 atom stereocenters. The summed E-state index contributed by atoms with van der Waals surface area (Å²) in [4.78, 5) is 38.6. The lowest BCUT2D eigenvalue weighted by Crippen LogP contribution is -2.35. The number of likely N-dealkylation sites (N-methyl/N-ethyl adjacent to an activating group) is 1. The van der Waals surface area contributed by atoms with Crippen LogP contribution >= 0.6 is 11.8 Å². The highest BCUT2D eigenvalue weighted by Crippen LogP contribution is 2.31. The van der Waals surface area contributed by atoms with E-state index in [0.717, 1.165) is 4.90 Å². The maximum atomic E-state index is 13.2. The second-order valence-corrected chi connectivity index (χ2v) is 7.21. The molecule has 0 saturated carbocycles. The molecule has 0 saturated heterocycles. The zero-order valence-corrected chi connectivity index (χ0v) is 15.4. The smallest absolute Gasteiger partial charge is 0.254 e. The molecular formula is C19H18FN3O3S. The van der Waals surface area contributed by atoms with Crippen molar-refractivity contribution in [3.05, 3.63) is 53.8 Å². The number of benzene rings is 2. The summed E-state index contributed by atoms with van der Waals surface area (Å²) in [7, 11) is 1.51. The fourth-order valence-corrected chi connectivity index (χ4v) is 3.56. The van der Waals surface area contributed by atoms with Gasteiger partial charge in [0.25, 0.3) is 5.91 Å². The molecule has 0 spiro atoms. The quantitative estimate of drug-likeness (QED) is 0.846. The highest BCUT2D eigenvalue weighted by atomic mass is 32.2. The zero-order chi connectivity index (χ0) is 19.4. The minimum absolute atomic E-state index is 0.0892. The molecule has 0 bridgehead atoms. The maximum Gasteiger partial charge on any atom is 0.254 e. The van der Waals surface area contributed by atoms with Crippen LogP contribution in [0, 0.1) is 5.82 Å². The van der Waals surface area contributed by atoms with Gasteiger partial charge >= 0.3 is 0 Å². The van der Waals surface area contributed by atoms with Crippen LogP contribution in [0.15, 0.2) is 47.4 Å². The first-order chi connectivity index (χ1) is 12.9. The van der Waals surface area contributed by atoms with Gasteiger partial charge in [-0.25, -0.2) is 4.39 Å². The van der Waals surface area contributed by atoms with Crippen LogP contribution in [0.4, 0.5) is 15.8 Å². The molecule has 2 N–H and O–H groups in total. The number of halogens is 1. The van der Waals surface area contributed by atoms with Crippen molar-refractivity contribution in [1.29, 1.82) is 0 Å². The summed E-state index contributed by atoms with van der Waals surface area (Å²) in [5, 5.41) is 5.34. The monoisotopic (exact) mass is 387 g/mol. The summed E-state index contributed by atoms with van der Waals surface area (Å²) >= 11 is 1.55. The second-order valence-electron chi connectivity index (χ2n) is 6.08. The van der Waals surface area contributed by atoms with Gasteiger partial charge < -0.3 is 15.5 Å². The Bertz CT molecular complexity index is 904. The molecule has 0 unspecified atom stereocenters. The largest absolute Gasteiger partial charge is 0.332 e. The third kappa shape index (κ3) is 4.85. The minimum atomic E-state index is -0.456. The van der Waals surface area contributed by atoms with Gasteiger partial charge in [-0.1, -0.05) is 6.07 Å². The number of thioether (sulfide) groups is 1. The number of nitrogens with one attached hydrogen (secondary N) is 2. The molecule has 140 valence electrons. The summed E-state index contributed by atoms with van der Waals surface area (Å²) in [5.41, 5.74) is 1.30. The van der Waals surface area contributed by atoms with E-state index in [1.54, 1.807) is 36.0 Å². The van der Waals surface area contributed by atoms with Crippen LogP contribution in [0.25, 0.3) is 0 Å². The van der Waals surface area contributed by atoms with Crippen LogP contribution in [0.2, 0.25) is 0 Å². The number of fused-ring (bicyclic) bond motifs is 1. The molecule has 2 aromatic carbocycles. The van der Waals surface area contributed by atoms with E-state index in [4.69, 9.17) is 0 Å². The molecule has 3 amide bonds. The number of carbonyl (C=O) groups excluding carboxylic acids is 3. The van der Waals surface area contributed by atoms with Crippen molar-refractivity contribution in [3.8, 4) is 0 Å². The van der Waals surface area contributed by atoms with Crippen molar-refractivity contribution >= 4 is 40.9 Å². The number of hydrogen-bond donors (Lipinski definition) is 2. The van der Waals surface area contributed by atoms with Crippen molar-refractivity contribution in [2.45, 2.75) is 11.3 Å². The van der Waals surface area contributed by atoms with Crippen molar-refractivity contribution in [2.75, 3.05) is 30.0 Å². The molecule has 1 aliphatic rings. The molecule has 2 aromatic rings. The van der Waals surface area contributed by atoms with Crippen molar-refractivity contribution < 1.29 is 18.8 Å². The number of nitrogens with zero attached hydrogens (tertiary/aromatic N) is 1. The predicted octanol–water partition coefficient (Wildman–Crippen LogP) is 2.97. The summed E-state index contributed by atoms with van der Waals surface area (Å²) in [6, 6.07) is 10.6. The number of rotatable bonds is 4. The summed E-state index contributed by atoms with van der Waals surface area (Å²) in [5.74, 6) is -0.645. The Labute approximate surface area is 160 Å². The highest BCUT2D eigenvalue weighted by molar-refractivity contribution is 7.99. The first-order valence-electron chi connectivity index (χ1n) is 8.30. The lowest BCUT2D eigenvalue weighted by molar-refractivity contribution is -0.117. The van der Waals surface area contributed by atoms with E-state index in [-0.39, 0.29) is 18.4 Å². The summed E-state index contributed by atoms with van der Waals surface area (Å²) in [6.45, 7) is -0.187. The lowest BCUT2D eigenvalue weighted by Gasteiger charge is -2.18. The molecule has 0 radical (unpaired) electrons. The topological polar surface area (TPSA) is 78.5 Å². The van der Waals surface area contributed by atoms with E-state index in [1.165, 1.54) is 30.1 Å². The van der Waals surface area contributed by atoms with E-state index in [1.807, 2.05) is 0 Å². The third-order valence-electron chi connectivity index (χ3n) is 3.92. The average molecular weight is 387 g/mol. The average Bonchev–Trinajstić information content (AvgIpc) is 2.80. The Morgan fingerprint density at radius 1 is 1.26 bits per heavy atom. The standard InChI is InChI=1S/C19H18FN3O3S/c1-23(11-18(25)21-14-4-2-3-13(20)10-14)19(26)12-5-6-16-15(9-12)22-17(24)7-8-27-16/h2-6,9-10H,7-8,11H2,1H3,(H,21,25)(H,22,24). The molecule has 8 heteroatoms. The predicted molar refractivity (Wildman–Crippen MR) is 102 cm³/mol. The fourth-order valence-electron chi connectivity index (χ4n) is 2.63. The van der Waals surface area contributed by atoms with Crippen LogP contribution < -0.4 is 10.6 Å². The van der Waals surface area contributed by atoms with Crippen LogP contribution in [0.3, 0.4) is 0 Å². The molecule has 0 fully saturated rings. The van der Waals surface area contributed by atoms with Gasteiger partial charge in [0.1, 0.15) is 5.82 Å². The normalized spacial score (nSPS) is 13.2. The Hall–Kier alpha value is -2.87. The van der Waals surface area contributed by atoms with E-state index in [0.29, 0.717) is 29.1 Å². The van der Waals surface area contributed by atoms with E-state index in [2.05, 4.69) is 10.6 Å². The molecular weight excluding hydrogens is 369 g/mol.